The summed E-state index contributed by atoms with van der Waals surface area (Å²) in [5.74, 6) is -0.764. The van der Waals surface area contributed by atoms with Gasteiger partial charge in [0.25, 0.3) is 5.56 Å². The van der Waals surface area contributed by atoms with Gasteiger partial charge in [0, 0.05) is 46.7 Å². The molecule has 0 aliphatic carbocycles. The first-order valence-corrected chi connectivity index (χ1v) is 12.1. The Morgan fingerprint density at radius 2 is 1.92 bits per heavy atom. The van der Waals surface area contributed by atoms with Crippen molar-refractivity contribution in [2.75, 3.05) is 10.2 Å². The van der Waals surface area contributed by atoms with Crippen molar-refractivity contribution >= 4 is 45.6 Å². The molecule has 0 spiro atoms. The van der Waals surface area contributed by atoms with E-state index >= 15 is 0 Å². The minimum absolute atomic E-state index is 0.185. The summed E-state index contributed by atoms with van der Waals surface area (Å²) in [6.07, 6.45) is 4.87. The molecule has 2 aromatic carbocycles. The number of rotatable bonds is 4. The van der Waals surface area contributed by atoms with Crippen LogP contribution in [-0.4, -0.2) is 20.4 Å². The van der Waals surface area contributed by atoms with Crippen LogP contribution in [0.2, 0.25) is 5.02 Å². The predicted octanol–water partition coefficient (Wildman–Crippen LogP) is 5.69. The van der Waals surface area contributed by atoms with Gasteiger partial charge in [-0.2, -0.15) is 0 Å². The summed E-state index contributed by atoms with van der Waals surface area (Å²) in [6, 6.07) is 12.0. The third-order valence-electron chi connectivity index (χ3n) is 6.62. The third kappa shape index (κ3) is 4.10. The summed E-state index contributed by atoms with van der Waals surface area (Å²) in [7, 11) is 1.80. The van der Waals surface area contributed by atoms with Crippen molar-refractivity contribution in [3.05, 3.63) is 105 Å². The van der Waals surface area contributed by atoms with Crippen molar-refractivity contribution in [1.29, 1.82) is 0 Å². The fourth-order valence-electron chi connectivity index (χ4n) is 4.91. The number of hydrogen-bond donors (Lipinski definition) is 2. The number of carbonyl (C=O) groups is 1. The number of carbonyl (C=O) groups excluding carboxylic acids is 1. The Balaban J connectivity index is 1.45. The molecule has 1 aliphatic rings. The molecule has 0 bridgehead atoms. The molecule has 0 radical (unpaired) electrons. The topological polar surface area (TPSA) is 83.0 Å². The van der Waals surface area contributed by atoms with E-state index in [1.165, 1.54) is 30.5 Å². The number of nitrogens with one attached hydrogen (secondary N) is 2. The molecule has 0 unspecified atom stereocenters. The number of hydrogen-bond acceptors (Lipinski definition) is 4. The Hall–Kier alpha value is -4.50. The molecule has 190 valence electrons. The van der Waals surface area contributed by atoms with E-state index in [0.717, 1.165) is 22.6 Å². The monoisotopic (exact) mass is 531 g/mol. The van der Waals surface area contributed by atoms with Gasteiger partial charge in [0.15, 0.2) is 0 Å². The molecule has 4 heterocycles. The summed E-state index contributed by atoms with van der Waals surface area (Å²) < 4.78 is 29.7. The van der Waals surface area contributed by atoms with Gasteiger partial charge in [0.05, 0.1) is 24.8 Å². The normalized spacial score (nSPS) is 12.4. The maximum atomic E-state index is 14.2. The Kier molecular flexibility index (Phi) is 5.72. The van der Waals surface area contributed by atoms with Gasteiger partial charge in [-0.05, 0) is 53.6 Å². The van der Waals surface area contributed by atoms with E-state index in [1.54, 1.807) is 36.0 Å². The Morgan fingerprint density at radius 1 is 1.13 bits per heavy atom. The molecular weight excluding hydrogens is 512 g/mol. The fraction of sp³-hybridized carbons (Fsp3) is 0.107. The molecule has 10 heteroatoms. The third-order valence-corrected chi connectivity index (χ3v) is 6.86. The lowest BCUT2D eigenvalue weighted by Crippen LogP contribution is -2.20. The molecule has 7 nitrogen and oxygen atoms in total. The molecule has 2 N–H and O–H groups in total. The lowest BCUT2D eigenvalue weighted by molar-refractivity contribution is -0.115. The highest BCUT2D eigenvalue weighted by atomic mass is 35.5. The number of nitrogens with zero attached hydrogens (tertiary/aromatic N) is 3. The number of halogens is 3. The minimum Gasteiger partial charge on any atom is -0.345 e. The zero-order valence-electron chi connectivity index (χ0n) is 20.1. The van der Waals surface area contributed by atoms with Crippen molar-refractivity contribution in [3.8, 4) is 11.1 Å². The lowest BCUT2D eigenvalue weighted by Gasteiger charge is -2.25. The van der Waals surface area contributed by atoms with E-state index < -0.39 is 11.7 Å². The fourth-order valence-corrected chi connectivity index (χ4v) is 5.07. The highest BCUT2D eigenvalue weighted by Crippen LogP contribution is 2.43. The van der Waals surface area contributed by atoms with E-state index in [0.29, 0.717) is 34.8 Å². The van der Waals surface area contributed by atoms with Crippen molar-refractivity contribution in [2.45, 2.75) is 13.0 Å². The highest BCUT2D eigenvalue weighted by Gasteiger charge is 2.27. The van der Waals surface area contributed by atoms with Crippen LogP contribution in [0.25, 0.3) is 22.0 Å². The first-order valence-electron chi connectivity index (χ1n) is 11.8. The summed E-state index contributed by atoms with van der Waals surface area (Å²) in [6.45, 7) is 0.372. The summed E-state index contributed by atoms with van der Waals surface area (Å²) in [4.78, 5) is 34.9. The number of anilines is 3. The van der Waals surface area contributed by atoms with Gasteiger partial charge in [-0.25, -0.2) is 13.8 Å². The number of pyridine rings is 2. The second kappa shape index (κ2) is 9.11. The van der Waals surface area contributed by atoms with Crippen LogP contribution in [0.5, 0.6) is 0 Å². The molecule has 0 atom stereocenters. The first kappa shape index (κ1) is 23.9. The van der Waals surface area contributed by atoms with E-state index in [2.05, 4.69) is 15.3 Å². The molecule has 0 saturated heterocycles. The Bertz CT molecular complexity index is 1800. The van der Waals surface area contributed by atoms with E-state index in [-0.39, 0.29) is 28.4 Å². The number of amides is 1. The zero-order valence-corrected chi connectivity index (χ0v) is 20.8. The van der Waals surface area contributed by atoms with Crippen LogP contribution in [0.1, 0.15) is 11.1 Å². The second-order valence-electron chi connectivity index (χ2n) is 9.14. The molecule has 0 saturated carbocycles. The molecule has 5 aromatic rings. The standard InChI is InChI=1S/C28H20ClF2N5O2/c1-35-14-22-21-10-19(34-24(37)8-15-2-3-17(29)9-23(15)31)12-32-27(21)36(20-6-4-18(30)5-7-20)13-16-11-33-28(38)26(35)25(16)22/h2-7,9-12,14H,8,13H2,1H3,(H,33,38)(H,34,37). The number of fused-ring (bicyclic) bond motifs is 2. The maximum absolute atomic E-state index is 14.2. The summed E-state index contributed by atoms with van der Waals surface area (Å²) in [5, 5.41) is 3.82. The molecule has 1 amide bonds. The number of aromatic amines is 1. The SMILES string of the molecule is Cn1cc2c3c(c[nH]c(=O)c31)CN(c1ccc(F)cc1)c1ncc(NC(=O)Cc3ccc(Cl)cc3F)cc1-2. The van der Waals surface area contributed by atoms with Gasteiger partial charge >= 0.3 is 0 Å². The first-order chi connectivity index (χ1) is 18.3. The minimum atomic E-state index is -0.559. The zero-order chi connectivity index (χ0) is 26.6. The van der Waals surface area contributed by atoms with Crippen molar-refractivity contribution in [1.82, 2.24) is 14.5 Å². The Morgan fingerprint density at radius 3 is 2.68 bits per heavy atom. The number of aryl methyl sites for hydroxylation is 1. The van der Waals surface area contributed by atoms with Crippen molar-refractivity contribution in [2.24, 2.45) is 7.05 Å². The van der Waals surface area contributed by atoms with Crippen molar-refractivity contribution < 1.29 is 13.6 Å². The molecule has 6 rings (SSSR count). The van der Waals surface area contributed by atoms with Gasteiger partial charge in [-0.15, -0.1) is 0 Å². The highest BCUT2D eigenvalue weighted by molar-refractivity contribution is 6.30. The van der Waals surface area contributed by atoms with Gasteiger partial charge in [-0.3, -0.25) is 9.59 Å². The van der Waals surface area contributed by atoms with Crippen LogP contribution < -0.4 is 15.8 Å². The van der Waals surface area contributed by atoms with Gasteiger partial charge < -0.3 is 19.8 Å². The van der Waals surface area contributed by atoms with Crippen LogP contribution in [-0.2, 0) is 24.8 Å². The van der Waals surface area contributed by atoms with Gasteiger partial charge in [-0.1, -0.05) is 17.7 Å². The maximum Gasteiger partial charge on any atom is 0.272 e. The average molecular weight is 532 g/mol. The average Bonchev–Trinajstić information content (AvgIpc) is 3.18. The lowest BCUT2D eigenvalue weighted by atomic mass is 10.0. The van der Waals surface area contributed by atoms with Gasteiger partial charge in [0.1, 0.15) is 23.0 Å². The van der Waals surface area contributed by atoms with E-state index in [1.807, 2.05) is 11.1 Å². The molecule has 38 heavy (non-hydrogen) atoms. The Labute approximate surface area is 220 Å². The van der Waals surface area contributed by atoms with Crippen molar-refractivity contribution in [3.63, 3.8) is 0 Å². The summed E-state index contributed by atoms with van der Waals surface area (Å²) in [5.41, 5.74) is 3.94. The smallest absolute Gasteiger partial charge is 0.272 e. The summed E-state index contributed by atoms with van der Waals surface area (Å²) >= 11 is 5.81. The van der Waals surface area contributed by atoms with Crippen LogP contribution in [0.3, 0.4) is 0 Å². The van der Waals surface area contributed by atoms with E-state index in [4.69, 9.17) is 11.6 Å². The number of H-pyrrole nitrogens is 1. The van der Waals surface area contributed by atoms with Crippen LogP contribution >= 0.6 is 11.6 Å². The molecule has 0 fully saturated rings. The second-order valence-corrected chi connectivity index (χ2v) is 9.58. The van der Waals surface area contributed by atoms with Crippen LogP contribution in [0, 0.1) is 11.6 Å². The van der Waals surface area contributed by atoms with Gasteiger partial charge in [0.2, 0.25) is 5.91 Å². The number of benzene rings is 2. The molecule has 1 aliphatic heterocycles. The quantitative estimate of drug-likeness (QED) is 0.312. The largest absolute Gasteiger partial charge is 0.345 e. The number of aromatic nitrogens is 3. The molecule has 3 aromatic heterocycles. The van der Waals surface area contributed by atoms with Crippen LogP contribution in [0.15, 0.2) is 71.9 Å². The van der Waals surface area contributed by atoms with Crippen LogP contribution in [0.4, 0.5) is 26.0 Å². The predicted molar refractivity (Wildman–Crippen MR) is 143 cm³/mol. The van der Waals surface area contributed by atoms with E-state index in [9.17, 15) is 18.4 Å². The molecular formula is C28H20ClF2N5O2.